The molecule has 0 bridgehead atoms. The minimum atomic E-state index is -0.691. The molecule has 4 heteroatoms. The van der Waals surface area contributed by atoms with E-state index >= 15 is 0 Å². The molecule has 0 saturated heterocycles. The Hall–Kier alpha value is -1.94. The minimum Gasteiger partial charge on any atom is -0.626 e. The Bertz CT molecular complexity index is 445. The third kappa shape index (κ3) is 3.03. The quantitative estimate of drug-likeness (QED) is 0.238. The van der Waals surface area contributed by atoms with Crippen molar-refractivity contribution in [2.75, 3.05) is 0 Å². The SMILES string of the molecule is C=[NH+][O-].O=C[SiH2]c1ccc2cccccc1-2. The summed E-state index contributed by atoms with van der Waals surface area (Å²) in [4.78, 5) is 10.5. The Balaban J connectivity index is 0.000000386. The van der Waals surface area contributed by atoms with Gasteiger partial charge in [-0.1, -0.05) is 47.7 Å². The first kappa shape index (κ1) is 12.1. The zero-order valence-corrected chi connectivity index (χ0v) is 10.3. The molecule has 0 heterocycles. The Labute approximate surface area is 96.6 Å². The van der Waals surface area contributed by atoms with Crippen LogP contribution >= 0.6 is 0 Å². The Kier molecular flexibility index (Phi) is 4.95. The zero-order valence-electron chi connectivity index (χ0n) is 8.85. The van der Waals surface area contributed by atoms with Gasteiger partial charge < -0.3 is 10.0 Å². The maximum Gasteiger partial charge on any atom is 0.136 e. The van der Waals surface area contributed by atoms with Crippen LogP contribution < -0.4 is 10.3 Å². The maximum absolute atomic E-state index is 10.5. The van der Waals surface area contributed by atoms with Crippen molar-refractivity contribution < 1.29 is 9.95 Å². The van der Waals surface area contributed by atoms with Gasteiger partial charge >= 0.3 is 0 Å². The first-order chi connectivity index (χ1) is 7.83. The van der Waals surface area contributed by atoms with Crippen molar-refractivity contribution in [2.24, 2.45) is 0 Å². The van der Waals surface area contributed by atoms with Gasteiger partial charge in [-0.25, -0.2) is 5.16 Å². The molecule has 2 rings (SSSR count). The molecular weight excluding hydrogens is 218 g/mol. The number of hydrogen-bond acceptors (Lipinski definition) is 2. The summed E-state index contributed by atoms with van der Waals surface area (Å²) in [7, 11) is -0.691. The van der Waals surface area contributed by atoms with Crippen LogP contribution in [0.15, 0.2) is 42.5 Å². The molecule has 0 aliphatic heterocycles. The van der Waals surface area contributed by atoms with Gasteiger partial charge in [0.2, 0.25) is 0 Å². The molecule has 16 heavy (non-hydrogen) atoms. The lowest BCUT2D eigenvalue weighted by molar-refractivity contribution is -0.361. The largest absolute Gasteiger partial charge is 0.626 e. The molecule has 0 radical (unpaired) electrons. The molecule has 0 amide bonds. The highest BCUT2D eigenvalue weighted by Crippen LogP contribution is 2.18. The summed E-state index contributed by atoms with van der Waals surface area (Å²) in [5.74, 6) is 1.09. The van der Waals surface area contributed by atoms with Crippen LogP contribution in [0.4, 0.5) is 0 Å². The van der Waals surface area contributed by atoms with E-state index in [4.69, 9.17) is 5.21 Å². The predicted molar refractivity (Wildman–Crippen MR) is 69.4 cm³/mol. The molecule has 82 valence electrons. The van der Waals surface area contributed by atoms with Gasteiger partial charge in [0.15, 0.2) is 0 Å². The molecule has 0 saturated carbocycles. The lowest BCUT2D eigenvalue weighted by atomic mass is 10.2. The monoisotopic (exact) mass is 231 g/mol. The second kappa shape index (κ2) is 6.52. The number of carbonyl (C=O) groups excluding carboxylic acids is 1. The van der Waals surface area contributed by atoms with E-state index in [0.29, 0.717) is 0 Å². The van der Waals surface area contributed by atoms with Crippen molar-refractivity contribution in [3.8, 4) is 11.1 Å². The summed E-state index contributed by atoms with van der Waals surface area (Å²) in [5, 5.41) is 11.1. The third-order valence-electron chi connectivity index (χ3n) is 2.19. The van der Waals surface area contributed by atoms with Gasteiger partial charge in [-0.3, -0.25) is 0 Å². The topological polar surface area (TPSA) is 54.1 Å². The highest BCUT2D eigenvalue weighted by atomic mass is 28.2. The molecule has 1 N–H and O–H groups in total. The van der Waals surface area contributed by atoms with Gasteiger partial charge in [0, 0.05) is 0 Å². The molecule has 2 aliphatic carbocycles. The second-order valence-corrected chi connectivity index (χ2v) is 4.66. The summed E-state index contributed by atoms with van der Waals surface area (Å²) < 4.78 is 0. The van der Waals surface area contributed by atoms with Crippen LogP contribution in [0.1, 0.15) is 0 Å². The lowest BCUT2D eigenvalue weighted by Gasteiger charge is -1.94. The van der Waals surface area contributed by atoms with Gasteiger partial charge in [0.05, 0.1) is 5.91 Å². The lowest BCUT2D eigenvalue weighted by Crippen LogP contribution is -2.56. The first-order valence-corrected chi connectivity index (χ1v) is 6.40. The van der Waals surface area contributed by atoms with E-state index in [1.165, 1.54) is 21.5 Å². The van der Waals surface area contributed by atoms with Crippen molar-refractivity contribution in [2.45, 2.75) is 0 Å². The van der Waals surface area contributed by atoms with Crippen molar-refractivity contribution in [3.05, 3.63) is 47.7 Å². The highest BCUT2D eigenvalue weighted by Gasteiger charge is 2.06. The molecule has 0 aromatic rings. The molecule has 0 unspecified atom stereocenters. The van der Waals surface area contributed by atoms with E-state index in [-0.39, 0.29) is 0 Å². The van der Waals surface area contributed by atoms with Crippen molar-refractivity contribution in [3.63, 3.8) is 0 Å². The van der Waals surface area contributed by atoms with E-state index < -0.39 is 9.52 Å². The van der Waals surface area contributed by atoms with Gasteiger partial charge in [0.25, 0.3) is 0 Å². The Morgan fingerprint density at radius 2 is 1.88 bits per heavy atom. The van der Waals surface area contributed by atoms with Gasteiger partial charge in [0.1, 0.15) is 16.2 Å². The highest BCUT2D eigenvalue weighted by molar-refractivity contribution is 6.79. The van der Waals surface area contributed by atoms with E-state index in [0.717, 1.165) is 5.91 Å². The van der Waals surface area contributed by atoms with Gasteiger partial charge in [-0.05, 0) is 11.1 Å². The van der Waals surface area contributed by atoms with Gasteiger partial charge in [-0.2, -0.15) is 0 Å². The molecule has 0 atom stereocenters. The average Bonchev–Trinajstić information content (AvgIpc) is 2.51. The van der Waals surface area contributed by atoms with Crippen LogP contribution in [0, 0.1) is 5.21 Å². The summed E-state index contributed by atoms with van der Waals surface area (Å²) in [5.41, 5.74) is 2.47. The molecule has 0 fully saturated rings. The normalized spacial score (nSPS) is 9.75. The van der Waals surface area contributed by atoms with Crippen LogP contribution in [0.2, 0.25) is 0 Å². The van der Waals surface area contributed by atoms with E-state index in [9.17, 15) is 4.79 Å². The van der Waals surface area contributed by atoms with Crippen LogP contribution in [0.5, 0.6) is 0 Å². The van der Waals surface area contributed by atoms with Crippen molar-refractivity contribution in [1.82, 2.24) is 0 Å². The maximum atomic E-state index is 10.5. The first-order valence-electron chi connectivity index (χ1n) is 4.88. The third-order valence-corrected chi connectivity index (χ3v) is 3.41. The molecule has 0 spiro atoms. The van der Waals surface area contributed by atoms with Crippen LogP contribution in [0.25, 0.3) is 11.1 Å². The molecule has 0 aromatic carbocycles. The number of carbonyl (C=O) groups is 1. The molecule has 0 aromatic heterocycles. The predicted octanol–water partition coefficient (Wildman–Crippen LogP) is -0.959. The number of rotatable bonds is 2. The smallest absolute Gasteiger partial charge is 0.136 e. The standard InChI is InChI=1S/C11H10OSi.CH3NO/c12-8-13-11-7-6-9-4-2-1-3-5-10(9)11;1-2-3/h1-8H,13H2;2H,1H2. The second-order valence-electron chi connectivity index (χ2n) is 3.15. The zero-order chi connectivity index (χ0) is 11.8. The van der Waals surface area contributed by atoms with Crippen molar-refractivity contribution >= 4 is 27.3 Å². The minimum absolute atomic E-state index is 0.691. The molecule has 2 aliphatic rings. The van der Waals surface area contributed by atoms with Crippen LogP contribution in [-0.2, 0) is 4.79 Å². The van der Waals surface area contributed by atoms with Crippen molar-refractivity contribution in [1.29, 1.82) is 0 Å². The number of fused-ring (bicyclic) bond motifs is 1. The van der Waals surface area contributed by atoms with E-state index in [1.807, 2.05) is 18.2 Å². The summed E-state index contributed by atoms with van der Waals surface area (Å²) in [6.07, 6.45) is 0. The van der Waals surface area contributed by atoms with Crippen LogP contribution in [0.3, 0.4) is 0 Å². The fraction of sp³-hybridized carbons (Fsp3) is 0. The Morgan fingerprint density at radius 1 is 1.19 bits per heavy atom. The average molecular weight is 231 g/mol. The molecular formula is C12H13NO2Si. The fourth-order valence-corrected chi connectivity index (χ4v) is 2.52. The van der Waals surface area contributed by atoms with Crippen LogP contribution in [-0.4, -0.2) is 22.1 Å². The van der Waals surface area contributed by atoms with E-state index in [1.54, 1.807) is 0 Å². The number of hydrogen-bond donors (Lipinski definition) is 1. The van der Waals surface area contributed by atoms with Gasteiger partial charge in [-0.15, -0.1) is 0 Å². The summed E-state index contributed by atoms with van der Waals surface area (Å²) >= 11 is 0. The van der Waals surface area contributed by atoms with E-state index in [2.05, 4.69) is 31.0 Å². The fourth-order valence-electron chi connectivity index (χ4n) is 1.55. The number of nitrogens with one attached hydrogen (secondary N) is 1. The Morgan fingerprint density at radius 3 is 2.56 bits per heavy atom. The summed E-state index contributed by atoms with van der Waals surface area (Å²) in [6.45, 7) is 2.68. The molecule has 3 nitrogen and oxygen atoms in total. The summed E-state index contributed by atoms with van der Waals surface area (Å²) in [6, 6.07) is 14.4.